The van der Waals surface area contributed by atoms with Crippen LogP contribution in [0, 0.1) is 5.82 Å². The van der Waals surface area contributed by atoms with E-state index >= 15 is 0 Å². The van der Waals surface area contributed by atoms with Gasteiger partial charge >= 0.3 is 5.97 Å². The molecule has 1 amide bonds. The molecule has 7 heteroatoms. The molecule has 0 spiro atoms. The SMILES string of the molecule is COC(=O)c1ccc(CNC(=O)C(C)N2CCCN(Cc3ccccc3F)CC2)cc1. The number of benzene rings is 2. The summed E-state index contributed by atoms with van der Waals surface area (Å²) in [5, 5.41) is 2.98. The number of carbonyl (C=O) groups is 2. The molecule has 2 aromatic carbocycles. The summed E-state index contributed by atoms with van der Waals surface area (Å²) in [6, 6.07) is 13.6. The number of hydrogen-bond donors (Lipinski definition) is 1. The molecular formula is C24H30FN3O3. The van der Waals surface area contributed by atoms with Gasteiger partial charge in [0.1, 0.15) is 5.82 Å². The van der Waals surface area contributed by atoms with Crippen LogP contribution in [0.15, 0.2) is 48.5 Å². The van der Waals surface area contributed by atoms with E-state index in [1.54, 1.807) is 18.2 Å². The van der Waals surface area contributed by atoms with Gasteiger partial charge in [0, 0.05) is 38.3 Å². The maximum Gasteiger partial charge on any atom is 0.337 e. The summed E-state index contributed by atoms with van der Waals surface area (Å²) in [6.07, 6.45) is 0.932. The van der Waals surface area contributed by atoms with E-state index in [0.29, 0.717) is 24.2 Å². The van der Waals surface area contributed by atoms with Gasteiger partial charge in [-0.3, -0.25) is 14.6 Å². The first kappa shape index (κ1) is 22.9. The van der Waals surface area contributed by atoms with Crippen molar-refractivity contribution in [2.45, 2.75) is 32.5 Å². The van der Waals surface area contributed by atoms with Crippen LogP contribution in [-0.2, 0) is 22.6 Å². The minimum atomic E-state index is -0.380. The lowest BCUT2D eigenvalue weighted by Crippen LogP contribution is -2.46. The maximum atomic E-state index is 13.9. The minimum absolute atomic E-state index is 0.0281. The van der Waals surface area contributed by atoms with E-state index in [2.05, 4.69) is 15.1 Å². The fourth-order valence-electron chi connectivity index (χ4n) is 3.78. The molecule has 1 atom stereocenters. The number of amides is 1. The molecule has 1 aliphatic heterocycles. The molecule has 2 aromatic rings. The fourth-order valence-corrected chi connectivity index (χ4v) is 3.78. The van der Waals surface area contributed by atoms with Crippen LogP contribution in [0.1, 0.15) is 34.8 Å². The highest BCUT2D eigenvalue weighted by Crippen LogP contribution is 2.14. The molecule has 0 saturated carbocycles. The Kier molecular flexibility index (Phi) is 8.14. The number of methoxy groups -OCH3 is 1. The summed E-state index contributed by atoms with van der Waals surface area (Å²) in [7, 11) is 1.35. The zero-order valence-corrected chi connectivity index (χ0v) is 18.1. The summed E-state index contributed by atoms with van der Waals surface area (Å²) in [4.78, 5) is 28.6. The summed E-state index contributed by atoms with van der Waals surface area (Å²) in [5.41, 5.74) is 2.11. The van der Waals surface area contributed by atoms with Gasteiger partial charge in [0.25, 0.3) is 0 Å². The van der Waals surface area contributed by atoms with Gasteiger partial charge in [0.05, 0.1) is 18.7 Å². The first-order valence-electron chi connectivity index (χ1n) is 10.6. The van der Waals surface area contributed by atoms with Crippen LogP contribution >= 0.6 is 0 Å². The Balaban J connectivity index is 1.48. The number of carbonyl (C=O) groups excluding carboxylic acids is 2. The maximum absolute atomic E-state index is 13.9. The smallest absolute Gasteiger partial charge is 0.337 e. The van der Waals surface area contributed by atoms with E-state index < -0.39 is 0 Å². The highest BCUT2D eigenvalue weighted by molar-refractivity contribution is 5.89. The molecule has 1 unspecified atom stereocenters. The third-order valence-corrected chi connectivity index (χ3v) is 5.74. The van der Waals surface area contributed by atoms with Gasteiger partial charge in [0.2, 0.25) is 5.91 Å². The molecular weight excluding hydrogens is 397 g/mol. The fraction of sp³-hybridized carbons (Fsp3) is 0.417. The van der Waals surface area contributed by atoms with Crippen molar-refractivity contribution in [3.63, 3.8) is 0 Å². The first-order chi connectivity index (χ1) is 15.0. The summed E-state index contributed by atoms with van der Waals surface area (Å²) in [5.74, 6) is -0.579. The topological polar surface area (TPSA) is 61.9 Å². The number of ether oxygens (including phenoxy) is 1. The zero-order valence-electron chi connectivity index (χ0n) is 18.1. The van der Waals surface area contributed by atoms with E-state index in [-0.39, 0.29) is 23.7 Å². The quantitative estimate of drug-likeness (QED) is 0.689. The standard InChI is InChI=1S/C24H30FN3O3/c1-18(23(29)26-16-19-8-10-20(11-9-19)24(30)31-2)28-13-5-12-27(14-15-28)17-21-6-3-4-7-22(21)25/h3-4,6-11,18H,5,12-17H2,1-2H3,(H,26,29). The Labute approximate surface area is 183 Å². The normalized spacial score (nSPS) is 16.4. The van der Waals surface area contributed by atoms with Gasteiger partial charge < -0.3 is 10.1 Å². The van der Waals surface area contributed by atoms with Crippen molar-refractivity contribution in [1.29, 1.82) is 0 Å². The number of hydrogen-bond acceptors (Lipinski definition) is 5. The second kappa shape index (κ2) is 11.0. The van der Waals surface area contributed by atoms with Crippen molar-refractivity contribution in [2.75, 3.05) is 33.3 Å². The van der Waals surface area contributed by atoms with Gasteiger partial charge in [-0.2, -0.15) is 0 Å². The van der Waals surface area contributed by atoms with E-state index in [4.69, 9.17) is 4.74 Å². The third-order valence-electron chi connectivity index (χ3n) is 5.74. The second-order valence-electron chi connectivity index (χ2n) is 7.84. The van der Waals surface area contributed by atoms with E-state index in [0.717, 1.165) is 38.2 Å². The van der Waals surface area contributed by atoms with Gasteiger partial charge in [-0.15, -0.1) is 0 Å². The van der Waals surface area contributed by atoms with Crippen LogP contribution in [-0.4, -0.2) is 61.0 Å². The molecule has 1 fully saturated rings. The van der Waals surface area contributed by atoms with E-state index in [1.165, 1.54) is 13.2 Å². The number of rotatable bonds is 7. The Hall–Kier alpha value is -2.77. The Morgan fingerprint density at radius 1 is 1.06 bits per heavy atom. The van der Waals surface area contributed by atoms with Crippen LogP contribution in [0.25, 0.3) is 0 Å². The lowest BCUT2D eigenvalue weighted by Gasteiger charge is -2.27. The van der Waals surface area contributed by atoms with Crippen LogP contribution in [0.4, 0.5) is 4.39 Å². The molecule has 1 aliphatic rings. The van der Waals surface area contributed by atoms with Crippen molar-refractivity contribution in [3.8, 4) is 0 Å². The van der Waals surface area contributed by atoms with E-state index in [9.17, 15) is 14.0 Å². The molecule has 166 valence electrons. The Morgan fingerprint density at radius 2 is 1.81 bits per heavy atom. The predicted octanol–water partition coefficient (Wildman–Crippen LogP) is 2.82. The number of nitrogens with one attached hydrogen (secondary N) is 1. The molecule has 0 aliphatic carbocycles. The molecule has 3 rings (SSSR count). The summed E-state index contributed by atoms with van der Waals surface area (Å²) >= 11 is 0. The van der Waals surface area contributed by atoms with Gasteiger partial charge in [-0.25, -0.2) is 9.18 Å². The molecule has 6 nitrogen and oxygen atoms in total. The molecule has 0 bridgehead atoms. The first-order valence-corrected chi connectivity index (χ1v) is 10.6. The Morgan fingerprint density at radius 3 is 2.52 bits per heavy atom. The molecule has 31 heavy (non-hydrogen) atoms. The molecule has 1 saturated heterocycles. The van der Waals surface area contributed by atoms with Crippen LogP contribution in [0.5, 0.6) is 0 Å². The van der Waals surface area contributed by atoms with Crippen molar-refractivity contribution in [1.82, 2.24) is 15.1 Å². The number of halogens is 1. The third kappa shape index (κ3) is 6.35. The molecule has 1 N–H and O–H groups in total. The monoisotopic (exact) mass is 427 g/mol. The molecule has 0 aromatic heterocycles. The summed E-state index contributed by atoms with van der Waals surface area (Å²) in [6.45, 7) is 6.17. The zero-order chi connectivity index (χ0) is 22.2. The second-order valence-corrected chi connectivity index (χ2v) is 7.84. The van der Waals surface area contributed by atoms with Gasteiger partial charge in [0.15, 0.2) is 0 Å². The van der Waals surface area contributed by atoms with Crippen molar-refractivity contribution >= 4 is 11.9 Å². The average Bonchev–Trinajstić information content (AvgIpc) is 3.04. The minimum Gasteiger partial charge on any atom is -0.465 e. The highest BCUT2D eigenvalue weighted by atomic mass is 19.1. The van der Waals surface area contributed by atoms with E-state index in [1.807, 2.05) is 31.2 Å². The van der Waals surface area contributed by atoms with Gasteiger partial charge in [-0.05, 0) is 43.7 Å². The predicted molar refractivity (Wildman–Crippen MR) is 117 cm³/mol. The number of esters is 1. The lowest BCUT2D eigenvalue weighted by atomic mass is 10.1. The highest BCUT2D eigenvalue weighted by Gasteiger charge is 2.24. The van der Waals surface area contributed by atoms with Crippen molar-refractivity contribution in [3.05, 3.63) is 71.0 Å². The van der Waals surface area contributed by atoms with Crippen molar-refractivity contribution in [2.24, 2.45) is 0 Å². The molecule has 0 radical (unpaired) electrons. The van der Waals surface area contributed by atoms with Gasteiger partial charge in [-0.1, -0.05) is 30.3 Å². The van der Waals surface area contributed by atoms with Crippen LogP contribution in [0.2, 0.25) is 0 Å². The molecule has 1 heterocycles. The number of nitrogens with zero attached hydrogens (tertiary/aromatic N) is 2. The average molecular weight is 428 g/mol. The Bertz CT molecular complexity index is 888. The van der Waals surface area contributed by atoms with Crippen molar-refractivity contribution < 1.29 is 18.7 Å². The lowest BCUT2D eigenvalue weighted by molar-refractivity contribution is -0.126. The largest absolute Gasteiger partial charge is 0.465 e. The summed E-state index contributed by atoms with van der Waals surface area (Å²) < 4.78 is 18.6. The van der Waals surface area contributed by atoms with Crippen LogP contribution < -0.4 is 5.32 Å². The van der Waals surface area contributed by atoms with Crippen LogP contribution in [0.3, 0.4) is 0 Å².